The van der Waals surface area contributed by atoms with Crippen molar-refractivity contribution in [1.29, 1.82) is 0 Å². The third-order valence-electron chi connectivity index (χ3n) is 13.7. The van der Waals surface area contributed by atoms with Gasteiger partial charge in [-0.3, -0.25) is 29.0 Å². The number of carboxylic acids is 1. The van der Waals surface area contributed by atoms with Crippen LogP contribution in [0.15, 0.2) is 52.9 Å². The molecular weight excluding hydrogens is 907 g/mol. The fraction of sp³-hybridized carbons (Fsp3) is 0.571. The molecule has 4 aliphatic rings. The van der Waals surface area contributed by atoms with Gasteiger partial charge in [0.05, 0.1) is 10.9 Å². The number of likely N-dealkylation sites (tertiary alicyclic amines) is 2. The molecule has 3 aliphatic heterocycles. The van der Waals surface area contributed by atoms with Crippen molar-refractivity contribution in [3.63, 3.8) is 0 Å². The van der Waals surface area contributed by atoms with E-state index in [0.717, 1.165) is 11.1 Å². The lowest BCUT2D eigenvalue weighted by Crippen LogP contribution is -2.60. The predicted molar refractivity (Wildman–Crippen MR) is 258 cm³/mol. The number of rotatable bonds is 21. The average Bonchev–Trinajstić information content (AvgIpc) is 3.60. The predicted octanol–water partition coefficient (Wildman–Crippen LogP) is 2.31. The minimum absolute atomic E-state index is 0.0175. The highest BCUT2D eigenvalue weighted by molar-refractivity contribution is 7.90. The number of nitrogens with one attached hydrogen (secondary N) is 4. The molecule has 1 aliphatic carbocycles. The van der Waals surface area contributed by atoms with E-state index in [2.05, 4.69) is 32.2 Å². The van der Waals surface area contributed by atoms with Crippen molar-refractivity contribution < 1.29 is 47.0 Å². The summed E-state index contributed by atoms with van der Waals surface area (Å²) < 4.78 is 36.0. The zero-order valence-electron chi connectivity index (χ0n) is 40.4. The summed E-state index contributed by atoms with van der Waals surface area (Å²) in [4.78, 5) is 89.0. The number of carbonyl (C=O) groups excluding carboxylic acids is 5. The quantitative estimate of drug-likeness (QED) is 0.0411. The summed E-state index contributed by atoms with van der Waals surface area (Å²) in [6, 6.07) is 4.05. The van der Waals surface area contributed by atoms with Gasteiger partial charge in [-0.1, -0.05) is 36.4 Å². The van der Waals surface area contributed by atoms with Gasteiger partial charge in [0, 0.05) is 38.0 Å². The molecule has 0 bridgehead atoms. The molecule has 2 aromatic carbocycles. The molecule has 0 aromatic heterocycles. The average molecular weight is 976 g/mol. The molecule has 9 N–H and O–H groups in total. The maximum absolute atomic E-state index is 14.3. The SMILES string of the molecule is C=CCCC[C@H](N)C(=O)N[C@@H](Cc1ccccc1)C(=O)N1CCC[C@H]1C(=O)NC1(C(=O)N[C@@H](CCCN=C(N)NS(=O)(=O)c2c(C)c(C)c3c(c2C)CC(C)(C)O3)C(=O)N2CCC[C@H]2C(=O)O)CC1. The number of nitrogens with zero attached hydrogens (tertiary/aromatic N) is 3. The van der Waals surface area contributed by atoms with Crippen LogP contribution < -0.4 is 36.9 Å². The molecule has 3 fully saturated rings. The Morgan fingerprint density at radius 2 is 1.55 bits per heavy atom. The number of carboxylic acid groups (broad SMARTS) is 1. The molecule has 5 atom stereocenters. The van der Waals surface area contributed by atoms with E-state index in [1.165, 1.54) is 9.80 Å². The molecule has 0 spiro atoms. The number of aliphatic carboxylic acids is 1. The minimum atomic E-state index is -4.19. The van der Waals surface area contributed by atoms with Gasteiger partial charge in [-0.05, 0) is 128 Å². The van der Waals surface area contributed by atoms with Crippen LogP contribution in [-0.4, -0.2) is 126 Å². The van der Waals surface area contributed by atoms with E-state index in [0.29, 0.717) is 67.4 Å². The van der Waals surface area contributed by atoms with Gasteiger partial charge in [-0.25, -0.2) is 17.9 Å². The normalized spacial score (nSPS) is 20.5. The van der Waals surface area contributed by atoms with Crippen molar-refractivity contribution in [2.24, 2.45) is 16.5 Å². The Kier molecular flexibility index (Phi) is 16.5. The lowest BCUT2D eigenvalue weighted by Gasteiger charge is -2.31. The zero-order chi connectivity index (χ0) is 50.4. The number of ether oxygens (including phenoxy) is 1. The Balaban J connectivity index is 1.12. The van der Waals surface area contributed by atoms with Crippen LogP contribution in [0.2, 0.25) is 0 Å². The number of aliphatic imine (C=N–C) groups is 1. The van der Waals surface area contributed by atoms with Gasteiger partial charge in [0.2, 0.25) is 35.5 Å². The number of sulfonamides is 1. The summed E-state index contributed by atoms with van der Waals surface area (Å²) in [6.07, 6.45) is 6.28. The van der Waals surface area contributed by atoms with Gasteiger partial charge in [0.1, 0.15) is 41.1 Å². The molecule has 3 heterocycles. The topological polar surface area (TPSA) is 285 Å². The van der Waals surface area contributed by atoms with E-state index >= 15 is 0 Å². The van der Waals surface area contributed by atoms with Crippen molar-refractivity contribution in [3.8, 4) is 5.75 Å². The number of allylic oxidation sites excluding steroid dienone is 1. The van der Waals surface area contributed by atoms with Crippen molar-refractivity contribution in [2.45, 2.75) is 164 Å². The zero-order valence-corrected chi connectivity index (χ0v) is 41.2. The number of carbonyl (C=O) groups is 6. The van der Waals surface area contributed by atoms with Gasteiger partial charge in [0.25, 0.3) is 10.0 Å². The summed E-state index contributed by atoms with van der Waals surface area (Å²) in [6.45, 7) is 13.2. The van der Waals surface area contributed by atoms with Crippen LogP contribution in [0.3, 0.4) is 0 Å². The Labute approximate surface area is 404 Å². The van der Waals surface area contributed by atoms with Gasteiger partial charge >= 0.3 is 5.97 Å². The van der Waals surface area contributed by atoms with Crippen LogP contribution in [0.4, 0.5) is 0 Å². The molecule has 1 saturated carbocycles. The summed E-state index contributed by atoms with van der Waals surface area (Å²) in [5, 5.41) is 18.4. The van der Waals surface area contributed by atoms with Crippen LogP contribution in [0.5, 0.6) is 5.75 Å². The highest BCUT2D eigenvalue weighted by Crippen LogP contribution is 2.44. The molecule has 6 rings (SSSR count). The Morgan fingerprint density at radius 1 is 0.913 bits per heavy atom. The van der Waals surface area contributed by atoms with E-state index in [-0.39, 0.29) is 69.0 Å². The van der Waals surface area contributed by atoms with Crippen LogP contribution in [0, 0.1) is 20.8 Å². The lowest BCUT2D eigenvalue weighted by molar-refractivity contribution is -0.149. The Bertz CT molecular complexity index is 2460. The second-order valence-corrected chi connectivity index (χ2v) is 21.1. The van der Waals surface area contributed by atoms with E-state index < -0.39 is 86.9 Å². The Morgan fingerprint density at radius 3 is 2.19 bits per heavy atom. The number of hydrogen-bond acceptors (Lipinski definition) is 11. The fourth-order valence-corrected chi connectivity index (χ4v) is 11.2. The van der Waals surface area contributed by atoms with Crippen molar-refractivity contribution >= 4 is 51.5 Å². The molecule has 19 nitrogen and oxygen atoms in total. The van der Waals surface area contributed by atoms with Gasteiger partial charge in [-0.2, -0.15) is 0 Å². The lowest BCUT2D eigenvalue weighted by atomic mass is 9.94. The summed E-state index contributed by atoms with van der Waals surface area (Å²) >= 11 is 0. The van der Waals surface area contributed by atoms with E-state index in [1.54, 1.807) is 19.9 Å². The third-order valence-corrected chi connectivity index (χ3v) is 15.3. The maximum atomic E-state index is 14.3. The molecule has 69 heavy (non-hydrogen) atoms. The van der Waals surface area contributed by atoms with Crippen molar-refractivity contribution in [2.75, 3.05) is 19.6 Å². The molecule has 5 amide bonds. The highest BCUT2D eigenvalue weighted by atomic mass is 32.2. The molecule has 0 radical (unpaired) electrons. The standard InChI is InChI=1S/C49H69N9O10S/c1-7-8-10-18-34(50)41(59)53-36(27-32-16-11-9-12-17-32)44(62)57-25-14-20-37(57)42(60)55-49(22-23-49)46(65)54-35(43(61)58-26-15-21-38(58)45(63)64)19-13-24-52-47(51)56-69(66,67)40-30(3)29(2)39-33(31(40)4)28-48(5,6)68-39/h7,9,11-12,16-17,34-38H,1,8,10,13-15,18-28,50H2,2-6H3,(H,53,59)(H,54,65)(H,55,60)(H,63,64)(H3,51,52,56)/t34-,35-,36-,37-,38-/m0/s1. The monoisotopic (exact) mass is 975 g/mol. The second-order valence-electron chi connectivity index (χ2n) is 19.5. The van der Waals surface area contributed by atoms with E-state index in [1.807, 2.05) is 51.1 Å². The van der Waals surface area contributed by atoms with Gasteiger partial charge in [0.15, 0.2) is 0 Å². The highest BCUT2D eigenvalue weighted by Gasteiger charge is 2.54. The maximum Gasteiger partial charge on any atom is 0.326 e. The van der Waals surface area contributed by atoms with Crippen LogP contribution in [-0.2, 0) is 51.6 Å². The number of guanidine groups is 1. The molecule has 2 saturated heterocycles. The van der Waals surface area contributed by atoms with Crippen molar-refractivity contribution in [3.05, 3.63) is 70.8 Å². The number of hydrogen-bond donors (Lipinski definition) is 7. The minimum Gasteiger partial charge on any atom is -0.487 e. The van der Waals surface area contributed by atoms with Crippen LogP contribution in [0.1, 0.15) is 112 Å². The first-order valence-corrected chi connectivity index (χ1v) is 25.4. The molecular formula is C49H69N9O10S. The second kappa shape index (κ2) is 21.7. The Hall–Kier alpha value is -6.02. The van der Waals surface area contributed by atoms with Crippen LogP contribution >= 0.6 is 0 Å². The first-order chi connectivity index (χ1) is 32.6. The largest absolute Gasteiger partial charge is 0.487 e. The fourth-order valence-electron chi connectivity index (χ4n) is 9.70. The van der Waals surface area contributed by atoms with Crippen LogP contribution in [0.25, 0.3) is 0 Å². The van der Waals surface area contributed by atoms with E-state index in [9.17, 15) is 42.3 Å². The number of amides is 5. The number of nitrogens with two attached hydrogens (primary N) is 2. The number of fused-ring (bicyclic) bond motifs is 1. The molecule has 2 aromatic rings. The first-order valence-electron chi connectivity index (χ1n) is 23.9. The molecule has 20 heteroatoms. The van der Waals surface area contributed by atoms with Gasteiger partial charge < -0.3 is 47.1 Å². The third kappa shape index (κ3) is 12.2. The van der Waals surface area contributed by atoms with Gasteiger partial charge in [-0.15, -0.1) is 6.58 Å². The molecule has 0 unspecified atom stereocenters. The molecule has 376 valence electrons. The van der Waals surface area contributed by atoms with E-state index in [4.69, 9.17) is 16.2 Å². The summed E-state index contributed by atoms with van der Waals surface area (Å²) in [5.41, 5.74) is 13.8. The number of unbranched alkanes of at least 4 members (excludes halogenated alkanes) is 1. The first kappa shape index (κ1) is 52.4. The smallest absolute Gasteiger partial charge is 0.326 e. The van der Waals surface area contributed by atoms with Crippen molar-refractivity contribution in [1.82, 2.24) is 30.5 Å². The summed E-state index contributed by atoms with van der Waals surface area (Å²) in [7, 11) is -4.19. The summed E-state index contributed by atoms with van der Waals surface area (Å²) in [5.74, 6) is -3.63. The number of benzene rings is 2.